The maximum Gasteiger partial charge on any atom is 0.196 e. The van der Waals surface area contributed by atoms with Crippen LogP contribution in [0.25, 0.3) is 0 Å². The molecule has 1 unspecified atom stereocenters. The van der Waals surface area contributed by atoms with E-state index in [1.165, 1.54) is 24.3 Å². The molecule has 30 heavy (non-hydrogen) atoms. The van der Waals surface area contributed by atoms with Gasteiger partial charge < -0.3 is 19.1 Å². The van der Waals surface area contributed by atoms with Crippen LogP contribution in [-0.4, -0.2) is 57.8 Å². The number of halogens is 2. The van der Waals surface area contributed by atoms with Gasteiger partial charge >= 0.3 is 0 Å². The maximum atomic E-state index is 13.4. The third-order valence-electron chi connectivity index (χ3n) is 6.18. The second-order valence-corrected chi connectivity index (χ2v) is 7.79. The number of ether oxygens (including phenoxy) is 3. The van der Waals surface area contributed by atoms with Crippen LogP contribution < -0.4 is 0 Å². The largest absolute Gasteiger partial charge is 0.374 e. The van der Waals surface area contributed by atoms with Gasteiger partial charge in [0.05, 0.1) is 0 Å². The minimum absolute atomic E-state index is 0.0891. The van der Waals surface area contributed by atoms with Gasteiger partial charge in [-0.15, -0.1) is 0 Å². The Hall–Kier alpha value is -1.86. The Morgan fingerprint density at radius 1 is 0.933 bits per heavy atom. The molecule has 3 rings (SSSR count). The van der Waals surface area contributed by atoms with E-state index in [0.717, 1.165) is 50.0 Å². The molecule has 0 N–H and O–H groups in total. The standard InChI is InChI=1S/C24H31F2NO3/c1-28-23-17-27(16-14-24(23,29-2)30-3)15-4-5-22(18-6-10-20(25)11-7-18)19-8-12-21(26)13-9-19/h6-13,22-23H,4-5,14-17H2,1-3H3. The minimum Gasteiger partial charge on any atom is -0.374 e. The van der Waals surface area contributed by atoms with Crippen LogP contribution >= 0.6 is 0 Å². The van der Waals surface area contributed by atoms with Crippen LogP contribution in [0.15, 0.2) is 48.5 Å². The number of nitrogens with zero attached hydrogens (tertiary/aromatic N) is 1. The molecule has 2 aromatic carbocycles. The zero-order valence-corrected chi connectivity index (χ0v) is 17.9. The van der Waals surface area contributed by atoms with Gasteiger partial charge in [0.25, 0.3) is 0 Å². The molecule has 0 amide bonds. The molecule has 0 aromatic heterocycles. The van der Waals surface area contributed by atoms with Crippen molar-refractivity contribution in [2.75, 3.05) is 41.0 Å². The van der Waals surface area contributed by atoms with Crippen molar-refractivity contribution in [2.45, 2.75) is 37.1 Å². The monoisotopic (exact) mass is 419 g/mol. The fourth-order valence-electron chi connectivity index (χ4n) is 4.38. The molecule has 6 heteroatoms. The van der Waals surface area contributed by atoms with Crippen LogP contribution in [0.2, 0.25) is 0 Å². The highest BCUT2D eigenvalue weighted by Gasteiger charge is 2.44. The van der Waals surface area contributed by atoms with Gasteiger partial charge in [-0.2, -0.15) is 0 Å². The Bertz CT molecular complexity index is 733. The molecule has 0 spiro atoms. The van der Waals surface area contributed by atoms with Crippen LogP contribution in [0.1, 0.15) is 36.3 Å². The molecule has 0 radical (unpaired) electrons. The molecule has 1 atom stereocenters. The maximum absolute atomic E-state index is 13.4. The minimum atomic E-state index is -0.698. The van der Waals surface area contributed by atoms with Crippen LogP contribution in [0.4, 0.5) is 8.78 Å². The quantitative estimate of drug-likeness (QED) is 0.557. The van der Waals surface area contributed by atoms with E-state index in [9.17, 15) is 8.78 Å². The normalized spacial score (nSPS) is 19.3. The number of hydrogen-bond donors (Lipinski definition) is 0. The average Bonchev–Trinajstić information content (AvgIpc) is 2.78. The summed E-state index contributed by atoms with van der Waals surface area (Å²) in [6.07, 6.45) is 2.40. The molecule has 1 fully saturated rings. The Kier molecular flexibility index (Phi) is 7.94. The lowest BCUT2D eigenvalue weighted by Crippen LogP contribution is -2.58. The van der Waals surface area contributed by atoms with Gasteiger partial charge in [-0.3, -0.25) is 0 Å². The molecule has 0 bridgehead atoms. The summed E-state index contributed by atoms with van der Waals surface area (Å²) >= 11 is 0. The number of likely N-dealkylation sites (tertiary alicyclic amines) is 1. The fourth-order valence-corrected chi connectivity index (χ4v) is 4.38. The first-order valence-electron chi connectivity index (χ1n) is 10.4. The first-order chi connectivity index (χ1) is 14.5. The molecule has 1 heterocycles. The van der Waals surface area contributed by atoms with Crippen molar-refractivity contribution in [3.8, 4) is 0 Å². The van der Waals surface area contributed by atoms with Crippen LogP contribution in [0, 0.1) is 11.6 Å². The summed E-state index contributed by atoms with van der Waals surface area (Å²) in [6, 6.07) is 13.2. The van der Waals surface area contributed by atoms with Crippen molar-refractivity contribution >= 4 is 0 Å². The van der Waals surface area contributed by atoms with Gasteiger partial charge in [-0.05, 0) is 54.8 Å². The van der Waals surface area contributed by atoms with Crippen molar-refractivity contribution in [1.82, 2.24) is 4.90 Å². The highest BCUT2D eigenvalue weighted by atomic mass is 19.1. The number of benzene rings is 2. The number of hydrogen-bond acceptors (Lipinski definition) is 4. The molecule has 0 saturated carbocycles. The fraction of sp³-hybridized carbons (Fsp3) is 0.500. The summed E-state index contributed by atoms with van der Waals surface area (Å²) in [7, 11) is 4.99. The van der Waals surface area contributed by atoms with Gasteiger partial charge in [-0.1, -0.05) is 24.3 Å². The lowest BCUT2D eigenvalue weighted by molar-refractivity contribution is -0.284. The first-order valence-corrected chi connectivity index (χ1v) is 10.4. The van der Waals surface area contributed by atoms with E-state index >= 15 is 0 Å². The van der Waals surface area contributed by atoms with E-state index in [1.807, 2.05) is 24.3 Å². The average molecular weight is 420 g/mol. The summed E-state index contributed by atoms with van der Waals surface area (Å²) in [5.41, 5.74) is 2.07. The van der Waals surface area contributed by atoms with Crippen molar-refractivity contribution in [3.05, 3.63) is 71.3 Å². The van der Waals surface area contributed by atoms with Gasteiger partial charge in [-0.25, -0.2) is 8.78 Å². The Morgan fingerprint density at radius 2 is 1.47 bits per heavy atom. The lowest BCUT2D eigenvalue weighted by Gasteiger charge is -2.44. The second-order valence-electron chi connectivity index (χ2n) is 7.79. The van der Waals surface area contributed by atoms with Crippen LogP contribution in [0.5, 0.6) is 0 Å². The molecule has 1 aliphatic rings. The topological polar surface area (TPSA) is 30.9 Å². The molecule has 0 aliphatic carbocycles. The SMILES string of the molecule is COC1CN(CCCC(c2ccc(F)cc2)c2ccc(F)cc2)CCC1(OC)OC. The van der Waals surface area contributed by atoms with Gasteiger partial charge in [0, 0.05) is 46.8 Å². The number of methoxy groups -OCH3 is 3. The Balaban J connectivity index is 1.65. The van der Waals surface area contributed by atoms with E-state index in [2.05, 4.69) is 4.90 Å². The molecular formula is C24H31F2NO3. The smallest absolute Gasteiger partial charge is 0.196 e. The third-order valence-corrected chi connectivity index (χ3v) is 6.18. The van der Waals surface area contributed by atoms with Crippen molar-refractivity contribution in [2.24, 2.45) is 0 Å². The summed E-state index contributed by atoms with van der Waals surface area (Å²) in [5.74, 6) is -1.12. The molecule has 4 nitrogen and oxygen atoms in total. The zero-order chi connectivity index (χ0) is 21.6. The third kappa shape index (κ3) is 5.24. The van der Waals surface area contributed by atoms with E-state index in [4.69, 9.17) is 14.2 Å². The number of rotatable bonds is 9. The Labute approximate surface area is 177 Å². The van der Waals surface area contributed by atoms with Gasteiger partial charge in [0.2, 0.25) is 0 Å². The molecule has 1 saturated heterocycles. The highest BCUT2D eigenvalue weighted by Crippen LogP contribution is 2.32. The van der Waals surface area contributed by atoms with E-state index in [-0.39, 0.29) is 23.7 Å². The van der Waals surface area contributed by atoms with E-state index in [1.54, 1.807) is 21.3 Å². The zero-order valence-electron chi connectivity index (χ0n) is 17.9. The first kappa shape index (κ1) is 22.8. The summed E-state index contributed by atoms with van der Waals surface area (Å²) in [5, 5.41) is 0. The van der Waals surface area contributed by atoms with Crippen LogP contribution in [0.3, 0.4) is 0 Å². The van der Waals surface area contributed by atoms with Crippen molar-refractivity contribution in [1.29, 1.82) is 0 Å². The molecule has 1 aliphatic heterocycles. The van der Waals surface area contributed by atoms with Gasteiger partial charge in [0.15, 0.2) is 5.79 Å². The summed E-state index contributed by atoms with van der Waals surface area (Å²) < 4.78 is 43.7. The molecule has 2 aromatic rings. The van der Waals surface area contributed by atoms with Gasteiger partial charge in [0.1, 0.15) is 17.7 Å². The molecular weight excluding hydrogens is 388 g/mol. The van der Waals surface area contributed by atoms with Crippen LogP contribution in [-0.2, 0) is 14.2 Å². The Morgan fingerprint density at radius 3 is 1.93 bits per heavy atom. The lowest BCUT2D eigenvalue weighted by atomic mass is 9.87. The predicted molar refractivity (Wildman–Crippen MR) is 112 cm³/mol. The number of piperidine rings is 1. The summed E-state index contributed by atoms with van der Waals surface area (Å²) in [6.45, 7) is 2.50. The molecule has 164 valence electrons. The predicted octanol–water partition coefficient (Wildman–Crippen LogP) is 4.59. The van der Waals surface area contributed by atoms with Crippen molar-refractivity contribution < 1.29 is 23.0 Å². The van der Waals surface area contributed by atoms with Crippen molar-refractivity contribution in [3.63, 3.8) is 0 Å². The van der Waals surface area contributed by atoms with E-state index < -0.39 is 5.79 Å². The second kappa shape index (κ2) is 10.4. The van der Waals surface area contributed by atoms with E-state index in [0.29, 0.717) is 0 Å². The highest BCUT2D eigenvalue weighted by molar-refractivity contribution is 5.32. The summed E-state index contributed by atoms with van der Waals surface area (Å²) in [4.78, 5) is 2.36.